The minimum atomic E-state index is -4.55. The molecule has 1 atom stereocenters. The van der Waals surface area contributed by atoms with Gasteiger partial charge in [0.1, 0.15) is 16.8 Å². The highest BCUT2D eigenvalue weighted by Gasteiger charge is 2.30. The molecule has 8 nitrogen and oxygen atoms in total. The van der Waals surface area contributed by atoms with Crippen molar-refractivity contribution in [2.45, 2.75) is 24.8 Å². The lowest BCUT2D eigenvalue weighted by Gasteiger charge is -2.18. The summed E-state index contributed by atoms with van der Waals surface area (Å²) in [5.74, 6) is -3.24. The Hall–Kier alpha value is -2.07. The maximum absolute atomic E-state index is 13.6. The normalized spacial score (nSPS) is 13.1. The third-order valence-electron chi connectivity index (χ3n) is 2.63. The van der Waals surface area contributed by atoms with E-state index in [0.29, 0.717) is 12.1 Å². The van der Waals surface area contributed by atoms with E-state index in [4.69, 9.17) is 5.11 Å². The Morgan fingerprint density at radius 1 is 1.43 bits per heavy atom. The molecule has 1 aromatic rings. The Morgan fingerprint density at radius 3 is 2.43 bits per heavy atom. The van der Waals surface area contributed by atoms with E-state index in [9.17, 15) is 27.7 Å². The summed E-state index contributed by atoms with van der Waals surface area (Å²) in [7, 11) is -4.55. The second kappa shape index (κ2) is 6.14. The van der Waals surface area contributed by atoms with Crippen LogP contribution in [0.3, 0.4) is 0 Å². The van der Waals surface area contributed by atoms with Crippen LogP contribution in [0.2, 0.25) is 0 Å². The number of carboxylic acid groups (broad SMARTS) is 1. The monoisotopic (exact) mass is 320 g/mol. The number of halogens is 1. The van der Waals surface area contributed by atoms with E-state index in [2.05, 4.69) is 0 Å². The fourth-order valence-corrected chi connectivity index (χ4v) is 2.95. The number of benzene rings is 1. The smallest absolute Gasteiger partial charge is 0.322 e. The van der Waals surface area contributed by atoms with Crippen LogP contribution < -0.4 is 4.72 Å². The predicted octanol–water partition coefficient (Wildman–Crippen LogP) is 1.12. The molecule has 21 heavy (non-hydrogen) atoms. The molecule has 116 valence electrons. The van der Waals surface area contributed by atoms with Crippen molar-refractivity contribution in [1.82, 2.24) is 4.72 Å². The molecule has 1 rings (SSSR count). The molecule has 0 aliphatic rings. The topological polar surface area (TPSA) is 127 Å². The first-order valence-electron chi connectivity index (χ1n) is 5.75. The Balaban J connectivity index is 3.27. The Kier molecular flexibility index (Phi) is 4.97. The second-order valence-corrected chi connectivity index (χ2v) is 6.24. The van der Waals surface area contributed by atoms with Gasteiger partial charge in [0.05, 0.1) is 4.92 Å². The van der Waals surface area contributed by atoms with Crippen LogP contribution in [-0.2, 0) is 14.8 Å². The van der Waals surface area contributed by atoms with E-state index >= 15 is 0 Å². The van der Waals surface area contributed by atoms with Crippen molar-refractivity contribution in [3.63, 3.8) is 0 Å². The molecule has 0 saturated heterocycles. The lowest BCUT2D eigenvalue weighted by atomic mass is 10.1. The van der Waals surface area contributed by atoms with Gasteiger partial charge in [-0.05, 0) is 12.0 Å². The number of rotatable bonds is 6. The second-order valence-electron chi connectivity index (χ2n) is 4.55. The summed E-state index contributed by atoms with van der Waals surface area (Å²) >= 11 is 0. The predicted molar refractivity (Wildman–Crippen MR) is 69.6 cm³/mol. The minimum Gasteiger partial charge on any atom is -0.480 e. The molecule has 0 fully saturated rings. The average molecular weight is 320 g/mol. The van der Waals surface area contributed by atoms with Gasteiger partial charge in [0.25, 0.3) is 5.69 Å². The number of hydrogen-bond acceptors (Lipinski definition) is 5. The Morgan fingerprint density at radius 2 is 2.00 bits per heavy atom. The maximum atomic E-state index is 13.6. The van der Waals surface area contributed by atoms with Gasteiger partial charge in [0.2, 0.25) is 10.0 Å². The highest BCUT2D eigenvalue weighted by atomic mass is 32.2. The number of nitro benzene ring substituents is 1. The lowest BCUT2D eigenvalue weighted by Crippen LogP contribution is -2.44. The first kappa shape index (κ1) is 17.0. The van der Waals surface area contributed by atoms with E-state index in [1.807, 2.05) is 4.72 Å². The average Bonchev–Trinajstić information content (AvgIpc) is 2.35. The number of non-ortho nitro benzene ring substituents is 1. The van der Waals surface area contributed by atoms with Crippen molar-refractivity contribution in [2.24, 2.45) is 5.92 Å². The minimum absolute atomic E-state index is 0.539. The van der Waals surface area contributed by atoms with Crippen LogP contribution in [0.15, 0.2) is 23.1 Å². The van der Waals surface area contributed by atoms with E-state index < -0.39 is 49.3 Å². The molecule has 0 amide bonds. The molecule has 0 aromatic heterocycles. The van der Waals surface area contributed by atoms with Gasteiger partial charge in [-0.1, -0.05) is 13.8 Å². The van der Waals surface area contributed by atoms with Gasteiger partial charge in [0, 0.05) is 12.1 Å². The van der Waals surface area contributed by atoms with Crippen LogP contribution in [0.1, 0.15) is 13.8 Å². The fourth-order valence-electron chi connectivity index (χ4n) is 1.51. The van der Waals surface area contributed by atoms with Gasteiger partial charge in [-0.15, -0.1) is 0 Å². The quantitative estimate of drug-likeness (QED) is 0.597. The molecular formula is C11H13FN2O6S. The maximum Gasteiger partial charge on any atom is 0.322 e. The molecule has 1 aromatic carbocycles. The first-order chi connectivity index (χ1) is 9.56. The molecule has 0 saturated carbocycles. The largest absolute Gasteiger partial charge is 0.480 e. The standard InChI is InChI=1S/C11H13FN2O6S/c1-6(2)10(11(15)16)13-21(19,20)9-5-7(14(17)18)3-4-8(9)12/h3-6,10,13H,1-2H3,(H,15,16)/t10-/m0/s1. The fraction of sp³-hybridized carbons (Fsp3) is 0.364. The number of nitro groups is 1. The van der Waals surface area contributed by atoms with Gasteiger partial charge < -0.3 is 5.11 Å². The third-order valence-corrected chi connectivity index (χ3v) is 4.09. The van der Waals surface area contributed by atoms with Crippen molar-refractivity contribution < 1.29 is 27.6 Å². The first-order valence-corrected chi connectivity index (χ1v) is 7.23. The number of sulfonamides is 1. The summed E-state index contributed by atoms with van der Waals surface area (Å²) < 4.78 is 39.4. The molecular weight excluding hydrogens is 307 g/mol. The molecule has 0 unspecified atom stereocenters. The number of hydrogen-bond donors (Lipinski definition) is 2. The van der Waals surface area contributed by atoms with Gasteiger partial charge in [-0.2, -0.15) is 4.72 Å². The number of aliphatic carboxylic acids is 1. The van der Waals surface area contributed by atoms with Crippen LogP contribution in [0, 0.1) is 21.8 Å². The third kappa shape index (κ3) is 3.95. The van der Waals surface area contributed by atoms with Crippen LogP contribution >= 0.6 is 0 Å². The zero-order valence-corrected chi connectivity index (χ0v) is 11.9. The van der Waals surface area contributed by atoms with Crippen molar-refractivity contribution in [3.05, 3.63) is 34.1 Å². The SMILES string of the molecule is CC(C)[C@H](NS(=O)(=O)c1cc([N+](=O)[O-])ccc1F)C(=O)O. The van der Waals surface area contributed by atoms with E-state index in [0.717, 1.165) is 6.07 Å². The molecule has 0 aliphatic heterocycles. The van der Waals surface area contributed by atoms with Gasteiger partial charge in [-0.3, -0.25) is 14.9 Å². The van der Waals surface area contributed by atoms with Gasteiger partial charge >= 0.3 is 5.97 Å². The highest BCUT2D eigenvalue weighted by Crippen LogP contribution is 2.21. The van der Waals surface area contributed by atoms with Crippen LogP contribution in [0.4, 0.5) is 10.1 Å². The molecule has 0 radical (unpaired) electrons. The van der Waals surface area contributed by atoms with Gasteiger partial charge in [0.15, 0.2) is 0 Å². The Labute approximate surface area is 119 Å². The van der Waals surface area contributed by atoms with E-state index in [1.165, 1.54) is 13.8 Å². The van der Waals surface area contributed by atoms with Crippen LogP contribution in [0.25, 0.3) is 0 Å². The van der Waals surface area contributed by atoms with Gasteiger partial charge in [-0.25, -0.2) is 12.8 Å². The van der Waals surface area contributed by atoms with Crippen LogP contribution in [0.5, 0.6) is 0 Å². The molecule has 0 aliphatic carbocycles. The Bertz CT molecular complexity index is 673. The zero-order chi connectivity index (χ0) is 16.4. The summed E-state index contributed by atoms with van der Waals surface area (Å²) in [5, 5.41) is 19.5. The molecule has 10 heteroatoms. The number of carboxylic acids is 1. The van der Waals surface area contributed by atoms with Crippen LogP contribution in [-0.4, -0.2) is 30.5 Å². The van der Waals surface area contributed by atoms with Crippen molar-refractivity contribution in [2.75, 3.05) is 0 Å². The van der Waals surface area contributed by atoms with E-state index in [1.54, 1.807) is 0 Å². The zero-order valence-electron chi connectivity index (χ0n) is 11.1. The summed E-state index contributed by atoms with van der Waals surface area (Å²) in [6, 6.07) is 0.508. The van der Waals surface area contributed by atoms with Crippen molar-refractivity contribution >= 4 is 21.7 Å². The lowest BCUT2D eigenvalue weighted by molar-refractivity contribution is -0.385. The summed E-state index contributed by atoms with van der Waals surface area (Å²) in [5.41, 5.74) is -0.617. The number of carbonyl (C=O) groups is 1. The highest BCUT2D eigenvalue weighted by molar-refractivity contribution is 7.89. The summed E-state index contributed by atoms with van der Waals surface area (Å²) in [6.45, 7) is 2.93. The number of nitrogens with one attached hydrogen (secondary N) is 1. The van der Waals surface area contributed by atoms with Crippen molar-refractivity contribution in [1.29, 1.82) is 0 Å². The molecule has 2 N–H and O–H groups in total. The molecule has 0 bridgehead atoms. The molecule has 0 spiro atoms. The number of nitrogens with zero attached hydrogens (tertiary/aromatic N) is 1. The van der Waals surface area contributed by atoms with Crippen molar-refractivity contribution in [3.8, 4) is 0 Å². The summed E-state index contributed by atoms with van der Waals surface area (Å²) in [4.78, 5) is 19.7. The summed E-state index contributed by atoms with van der Waals surface area (Å²) in [6.07, 6.45) is 0. The molecule has 0 heterocycles. The van der Waals surface area contributed by atoms with E-state index in [-0.39, 0.29) is 0 Å².